The fraction of sp³-hybridized carbons (Fsp3) is 0.462. The number of benzene rings is 1. The molecule has 1 atom stereocenters. The largest absolute Gasteiger partial charge is 0.495 e. The predicted molar refractivity (Wildman–Crippen MR) is 80.7 cm³/mol. The molecule has 8 nitrogen and oxygen atoms in total. The van der Waals surface area contributed by atoms with Crippen LogP contribution in [0, 0.1) is 0 Å². The molecule has 1 aromatic rings. The van der Waals surface area contributed by atoms with Gasteiger partial charge < -0.3 is 9.84 Å². The van der Waals surface area contributed by atoms with Crippen molar-refractivity contribution in [1.29, 1.82) is 0 Å². The van der Waals surface area contributed by atoms with Crippen molar-refractivity contribution in [3.63, 3.8) is 0 Å². The van der Waals surface area contributed by atoms with Crippen molar-refractivity contribution in [3.05, 3.63) is 18.2 Å². The molecule has 0 bridgehead atoms. The number of methoxy groups -OCH3 is 1. The van der Waals surface area contributed by atoms with Crippen molar-refractivity contribution in [2.45, 2.75) is 28.7 Å². The molecule has 0 unspecified atom stereocenters. The molecule has 2 rings (SSSR count). The fourth-order valence-electron chi connectivity index (χ4n) is 2.49. The summed E-state index contributed by atoms with van der Waals surface area (Å²) in [5, 5.41) is 9.17. The van der Waals surface area contributed by atoms with E-state index in [2.05, 4.69) is 0 Å². The Morgan fingerprint density at radius 3 is 2.48 bits per heavy atom. The van der Waals surface area contributed by atoms with Gasteiger partial charge in [0.05, 0.1) is 12.0 Å². The quantitative estimate of drug-likeness (QED) is 0.801. The minimum absolute atomic E-state index is 0.0339. The smallest absolute Gasteiger partial charge is 0.322 e. The van der Waals surface area contributed by atoms with E-state index >= 15 is 0 Å². The highest BCUT2D eigenvalue weighted by atomic mass is 32.2. The van der Waals surface area contributed by atoms with E-state index in [1.807, 2.05) is 0 Å². The average molecular weight is 363 g/mol. The fourth-order valence-corrected chi connectivity index (χ4v) is 5.05. The van der Waals surface area contributed by atoms with Gasteiger partial charge in [-0.3, -0.25) is 4.79 Å². The number of nitrogens with zero attached hydrogens (tertiary/aromatic N) is 1. The molecule has 0 radical (unpaired) electrons. The number of carboxylic acid groups (broad SMARTS) is 1. The van der Waals surface area contributed by atoms with Gasteiger partial charge in [-0.05, 0) is 31.0 Å². The van der Waals surface area contributed by atoms with Crippen molar-refractivity contribution >= 4 is 25.8 Å². The summed E-state index contributed by atoms with van der Waals surface area (Å²) in [6, 6.07) is 2.33. The van der Waals surface area contributed by atoms with Gasteiger partial charge >= 0.3 is 5.97 Å². The third-order valence-corrected chi connectivity index (χ3v) is 6.68. The van der Waals surface area contributed by atoms with Crippen molar-refractivity contribution in [2.24, 2.45) is 0 Å². The summed E-state index contributed by atoms with van der Waals surface area (Å²) in [5.41, 5.74) is 0. The number of sulfonamides is 1. The number of rotatable bonds is 5. The molecule has 0 amide bonds. The number of hydrogen-bond acceptors (Lipinski definition) is 6. The molecule has 23 heavy (non-hydrogen) atoms. The topological polar surface area (TPSA) is 118 Å². The monoisotopic (exact) mass is 363 g/mol. The Morgan fingerprint density at radius 2 is 1.96 bits per heavy atom. The Labute approximate surface area is 134 Å². The van der Waals surface area contributed by atoms with Crippen LogP contribution in [0.1, 0.15) is 12.8 Å². The van der Waals surface area contributed by atoms with Crippen LogP contribution in [0.3, 0.4) is 0 Å². The minimum Gasteiger partial charge on any atom is -0.495 e. The first kappa shape index (κ1) is 17.7. The Kier molecular flexibility index (Phi) is 4.69. The summed E-state index contributed by atoms with van der Waals surface area (Å²) >= 11 is 0. The molecule has 128 valence electrons. The molecule has 1 N–H and O–H groups in total. The first-order chi connectivity index (χ1) is 10.6. The maximum atomic E-state index is 12.8. The van der Waals surface area contributed by atoms with E-state index in [0.29, 0.717) is 6.42 Å². The van der Waals surface area contributed by atoms with Crippen LogP contribution in [0.4, 0.5) is 0 Å². The second kappa shape index (κ2) is 6.10. The van der Waals surface area contributed by atoms with Crippen LogP contribution in [0.15, 0.2) is 28.0 Å². The zero-order valence-electron chi connectivity index (χ0n) is 12.6. The van der Waals surface area contributed by atoms with Gasteiger partial charge in [0.2, 0.25) is 10.0 Å². The Bertz CT molecular complexity index is 830. The van der Waals surface area contributed by atoms with Gasteiger partial charge in [0.1, 0.15) is 16.7 Å². The molecule has 0 saturated carbocycles. The third kappa shape index (κ3) is 3.33. The highest BCUT2D eigenvalue weighted by Crippen LogP contribution is 2.33. The summed E-state index contributed by atoms with van der Waals surface area (Å²) in [7, 11) is -6.56. The Balaban J connectivity index is 2.61. The molecule has 1 aliphatic rings. The van der Waals surface area contributed by atoms with Gasteiger partial charge in [0.25, 0.3) is 0 Å². The highest BCUT2D eigenvalue weighted by molar-refractivity contribution is 7.91. The molecule has 1 heterocycles. The van der Waals surface area contributed by atoms with E-state index < -0.39 is 31.9 Å². The van der Waals surface area contributed by atoms with Crippen molar-refractivity contribution < 1.29 is 31.5 Å². The lowest BCUT2D eigenvalue weighted by Gasteiger charge is -2.22. The van der Waals surface area contributed by atoms with Crippen LogP contribution in [-0.4, -0.2) is 58.2 Å². The van der Waals surface area contributed by atoms with Crippen LogP contribution in [0.2, 0.25) is 0 Å². The zero-order valence-corrected chi connectivity index (χ0v) is 14.2. The predicted octanol–water partition coefficient (Wildman–Crippen LogP) is 0.336. The number of carboxylic acids is 1. The van der Waals surface area contributed by atoms with Gasteiger partial charge in [-0.2, -0.15) is 4.31 Å². The van der Waals surface area contributed by atoms with Crippen LogP contribution in [-0.2, 0) is 24.7 Å². The van der Waals surface area contributed by atoms with Crippen LogP contribution >= 0.6 is 0 Å². The second-order valence-corrected chi connectivity index (χ2v) is 9.07. The summed E-state index contributed by atoms with van der Waals surface area (Å²) in [6.45, 7) is 0.0611. The molecular formula is C13H17NO7S2. The van der Waals surface area contributed by atoms with Gasteiger partial charge in [-0.1, -0.05) is 0 Å². The lowest BCUT2D eigenvalue weighted by atomic mass is 10.2. The summed E-state index contributed by atoms with van der Waals surface area (Å²) in [4.78, 5) is 10.7. The number of carbonyl (C=O) groups is 1. The van der Waals surface area contributed by atoms with E-state index in [0.717, 1.165) is 16.6 Å². The molecule has 0 spiro atoms. The highest BCUT2D eigenvalue weighted by Gasteiger charge is 2.41. The van der Waals surface area contributed by atoms with E-state index in [-0.39, 0.29) is 28.5 Å². The maximum absolute atomic E-state index is 12.8. The van der Waals surface area contributed by atoms with Crippen molar-refractivity contribution in [1.82, 2.24) is 4.31 Å². The van der Waals surface area contributed by atoms with Crippen LogP contribution < -0.4 is 4.74 Å². The molecule has 1 saturated heterocycles. The molecule has 10 heteroatoms. The molecule has 0 aromatic heterocycles. The van der Waals surface area contributed by atoms with Crippen molar-refractivity contribution in [3.8, 4) is 5.75 Å². The van der Waals surface area contributed by atoms with E-state index in [4.69, 9.17) is 4.74 Å². The molecule has 0 aliphatic carbocycles. The Morgan fingerprint density at radius 1 is 1.30 bits per heavy atom. The van der Waals surface area contributed by atoms with Gasteiger partial charge in [-0.25, -0.2) is 16.8 Å². The van der Waals surface area contributed by atoms with Gasteiger partial charge in [0.15, 0.2) is 9.84 Å². The standard InChI is InChI=1S/C13H17NO7S2/c1-21-11-6-5-9(22(2,17)18)8-12(11)23(19,20)14-7-3-4-10(14)13(15)16/h5-6,8,10H,3-4,7H2,1-2H3,(H,15,16)/t10-/m0/s1. The first-order valence-corrected chi connectivity index (χ1v) is 10.0. The first-order valence-electron chi connectivity index (χ1n) is 6.72. The van der Waals surface area contributed by atoms with Gasteiger partial charge in [0, 0.05) is 12.8 Å². The molecule has 1 aliphatic heterocycles. The van der Waals surface area contributed by atoms with E-state index in [1.54, 1.807) is 0 Å². The van der Waals surface area contributed by atoms with E-state index in [9.17, 15) is 26.7 Å². The Hall–Kier alpha value is -1.65. The lowest BCUT2D eigenvalue weighted by Crippen LogP contribution is -2.40. The molecular weight excluding hydrogens is 346 g/mol. The summed E-state index contributed by atoms with van der Waals surface area (Å²) in [5.74, 6) is -1.27. The average Bonchev–Trinajstić information content (AvgIpc) is 2.96. The zero-order chi connectivity index (χ0) is 17.4. The maximum Gasteiger partial charge on any atom is 0.322 e. The third-order valence-electron chi connectivity index (χ3n) is 3.64. The summed E-state index contributed by atoms with van der Waals surface area (Å²) < 4.78 is 54.8. The summed E-state index contributed by atoms with van der Waals surface area (Å²) in [6.07, 6.45) is 1.59. The van der Waals surface area contributed by atoms with Crippen LogP contribution in [0.25, 0.3) is 0 Å². The van der Waals surface area contributed by atoms with Gasteiger partial charge in [-0.15, -0.1) is 0 Å². The second-order valence-electron chi connectivity index (χ2n) is 5.20. The van der Waals surface area contributed by atoms with E-state index in [1.165, 1.54) is 19.2 Å². The lowest BCUT2D eigenvalue weighted by molar-refractivity contribution is -0.140. The molecule has 1 fully saturated rings. The van der Waals surface area contributed by atoms with Crippen LogP contribution in [0.5, 0.6) is 5.75 Å². The minimum atomic E-state index is -4.20. The van der Waals surface area contributed by atoms with Crippen molar-refractivity contribution in [2.75, 3.05) is 19.9 Å². The SMILES string of the molecule is COc1ccc(S(C)(=O)=O)cc1S(=O)(=O)N1CCC[C@H]1C(=O)O. The number of aliphatic carboxylic acids is 1. The number of ether oxygens (including phenoxy) is 1. The normalized spacial score (nSPS) is 19.7. The number of hydrogen-bond donors (Lipinski definition) is 1. The molecule has 1 aromatic carbocycles. The number of sulfone groups is 1.